The highest BCUT2D eigenvalue weighted by Crippen LogP contribution is 2.36. The van der Waals surface area contributed by atoms with Crippen LogP contribution in [0.15, 0.2) is 60.7 Å². The van der Waals surface area contributed by atoms with Crippen molar-refractivity contribution in [1.29, 1.82) is 0 Å². The molecule has 3 aliphatic rings. The lowest BCUT2D eigenvalue weighted by Gasteiger charge is -2.43. The summed E-state index contributed by atoms with van der Waals surface area (Å²) in [6.07, 6.45) is 1.88. The fraction of sp³-hybridized carbons (Fsp3) is 0.486. The van der Waals surface area contributed by atoms with Gasteiger partial charge in [0.2, 0.25) is 0 Å². The number of hydroxylamine groups is 2. The lowest BCUT2D eigenvalue weighted by atomic mass is 9.80. The van der Waals surface area contributed by atoms with Gasteiger partial charge in [0.1, 0.15) is 11.9 Å². The summed E-state index contributed by atoms with van der Waals surface area (Å²) in [6, 6.07) is 18.5. The van der Waals surface area contributed by atoms with Crippen molar-refractivity contribution in [3.8, 4) is 11.5 Å². The molecule has 3 saturated heterocycles. The Balaban J connectivity index is 0.981. The van der Waals surface area contributed by atoms with Crippen LogP contribution in [-0.4, -0.2) is 72.6 Å². The van der Waals surface area contributed by atoms with E-state index < -0.39 is 12.0 Å². The highest BCUT2D eigenvalue weighted by Gasteiger charge is 2.38. The van der Waals surface area contributed by atoms with Crippen molar-refractivity contribution in [1.82, 2.24) is 15.3 Å². The number of phenolic OH excluding ortho intramolecular Hbond substituents is 1. The van der Waals surface area contributed by atoms with E-state index in [1.165, 1.54) is 16.7 Å². The van der Waals surface area contributed by atoms with Crippen LogP contribution in [-0.2, 0) is 22.6 Å². The van der Waals surface area contributed by atoms with Crippen LogP contribution in [0.2, 0.25) is 0 Å². The SMILES string of the molecule is Cc1cc(C2CCN(C3CCON(Cc4ccc(CCOc5ccc(C6CCNCC6F)cc5F)cc4)C3=O)CC2C)ccc1O. The van der Waals surface area contributed by atoms with Crippen LogP contribution in [0, 0.1) is 18.7 Å². The van der Waals surface area contributed by atoms with Crippen LogP contribution >= 0.6 is 0 Å². The van der Waals surface area contributed by atoms with Gasteiger partial charge < -0.3 is 15.2 Å². The Morgan fingerprint density at radius 1 is 1.00 bits per heavy atom. The first-order valence-electron chi connectivity index (χ1n) is 16.6. The summed E-state index contributed by atoms with van der Waals surface area (Å²) in [5.74, 6) is 0.542. The number of amides is 1. The van der Waals surface area contributed by atoms with Crippen LogP contribution < -0.4 is 10.1 Å². The zero-order valence-electron chi connectivity index (χ0n) is 26.8. The number of rotatable bonds is 9. The molecule has 9 heteroatoms. The summed E-state index contributed by atoms with van der Waals surface area (Å²) in [6.45, 7) is 8.08. The van der Waals surface area contributed by atoms with E-state index in [9.17, 15) is 18.7 Å². The minimum atomic E-state index is -1.02. The summed E-state index contributed by atoms with van der Waals surface area (Å²) in [5.41, 5.74) is 4.84. The number of phenols is 1. The fourth-order valence-corrected chi connectivity index (χ4v) is 7.27. The number of aromatic hydroxyl groups is 1. The molecule has 3 aromatic rings. The monoisotopic (exact) mass is 633 g/mol. The summed E-state index contributed by atoms with van der Waals surface area (Å²) < 4.78 is 34.7. The van der Waals surface area contributed by atoms with E-state index in [2.05, 4.69) is 23.2 Å². The third-order valence-electron chi connectivity index (χ3n) is 9.99. The highest BCUT2D eigenvalue weighted by molar-refractivity contribution is 5.81. The van der Waals surface area contributed by atoms with Crippen molar-refractivity contribution >= 4 is 5.91 Å². The number of piperidine rings is 2. The second-order valence-corrected chi connectivity index (χ2v) is 13.1. The minimum Gasteiger partial charge on any atom is -0.508 e. The molecule has 5 unspecified atom stereocenters. The van der Waals surface area contributed by atoms with E-state index in [1.807, 2.05) is 37.3 Å². The number of halogens is 2. The Morgan fingerprint density at radius 2 is 1.76 bits per heavy atom. The molecule has 3 aromatic carbocycles. The molecule has 0 aliphatic carbocycles. The van der Waals surface area contributed by atoms with Gasteiger partial charge in [0.25, 0.3) is 5.91 Å². The van der Waals surface area contributed by atoms with E-state index in [0.29, 0.717) is 68.7 Å². The van der Waals surface area contributed by atoms with Crippen molar-refractivity contribution in [2.75, 3.05) is 39.4 Å². The highest BCUT2D eigenvalue weighted by atomic mass is 19.1. The molecule has 1 amide bonds. The van der Waals surface area contributed by atoms with Crippen LogP contribution in [0.1, 0.15) is 65.8 Å². The van der Waals surface area contributed by atoms with Gasteiger partial charge in [-0.1, -0.05) is 49.4 Å². The number of alkyl halides is 1. The molecule has 0 spiro atoms. The standard InChI is InChI=1S/C37H45F2N3O4/c1-24-19-28(7-9-35(24)43)30-12-16-41(22-25(30)2)34-14-18-46-42(37(34)44)23-27-5-3-26(4-6-27)13-17-45-36-10-8-29(20-32(36)38)31-11-15-40-21-33(31)39/h3-10,19-20,25,30-31,33-34,40,43H,11-18,21-23H2,1-2H3. The molecule has 3 fully saturated rings. The van der Waals surface area contributed by atoms with Gasteiger partial charge in [-0.25, -0.2) is 13.8 Å². The van der Waals surface area contributed by atoms with Crippen LogP contribution in [0.25, 0.3) is 0 Å². The molecular formula is C37H45F2N3O4. The van der Waals surface area contributed by atoms with Crippen molar-refractivity contribution < 1.29 is 28.3 Å². The largest absolute Gasteiger partial charge is 0.508 e. The third-order valence-corrected chi connectivity index (χ3v) is 9.99. The smallest absolute Gasteiger partial charge is 0.263 e. The van der Waals surface area contributed by atoms with Gasteiger partial charge in [-0.05, 0) is 97.1 Å². The average Bonchev–Trinajstić information content (AvgIpc) is 3.05. The van der Waals surface area contributed by atoms with E-state index in [-0.39, 0.29) is 23.6 Å². The maximum absolute atomic E-state index is 14.7. The Hall–Kier alpha value is -3.53. The van der Waals surface area contributed by atoms with E-state index in [1.54, 1.807) is 18.2 Å². The quantitative estimate of drug-likeness (QED) is 0.300. The van der Waals surface area contributed by atoms with Crippen molar-refractivity contribution in [2.45, 2.75) is 70.1 Å². The molecule has 0 aromatic heterocycles. The maximum atomic E-state index is 14.7. The third kappa shape index (κ3) is 7.37. The van der Waals surface area contributed by atoms with Crippen LogP contribution in [0.3, 0.4) is 0 Å². The molecule has 3 aliphatic heterocycles. The zero-order chi connectivity index (χ0) is 32.2. The van der Waals surface area contributed by atoms with E-state index in [4.69, 9.17) is 9.57 Å². The minimum absolute atomic E-state index is 0.00471. The summed E-state index contributed by atoms with van der Waals surface area (Å²) in [7, 11) is 0. The molecule has 0 saturated carbocycles. The van der Waals surface area contributed by atoms with E-state index >= 15 is 0 Å². The van der Waals surface area contributed by atoms with Crippen molar-refractivity contribution in [3.63, 3.8) is 0 Å². The number of ether oxygens (including phenoxy) is 1. The Bertz CT molecular complexity index is 1500. The van der Waals surface area contributed by atoms with Crippen molar-refractivity contribution in [3.05, 3.63) is 94.3 Å². The lowest BCUT2D eigenvalue weighted by molar-refractivity contribution is -0.212. The molecule has 246 valence electrons. The average molecular weight is 634 g/mol. The number of carbonyl (C=O) groups is 1. The number of nitrogens with zero attached hydrogens (tertiary/aromatic N) is 2. The number of carbonyl (C=O) groups excluding carboxylic acids is 1. The number of nitrogens with one attached hydrogen (secondary N) is 1. The molecule has 3 heterocycles. The Kier molecular flexibility index (Phi) is 10.2. The predicted molar refractivity (Wildman–Crippen MR) is 173 cm³/mol. The topological polar surface area (TPSA) is 74.3 Å². The molecule has 6 rings (SSSR count). The fourth-order valence-electron chi connectivity index (χ4n) is 7.27. The summed E-state index contributed by atoms with van der Waals surface area (Å²) in [5, 5.41) is 14.5. The number of benzene rings is 3. The second kappa shape index (κ2) is 14.5. The van der Waals surface area contributed by atoms with Crippen molar-refractivity contribution in [2.24, 2.45) is 5.92 Å². The first-order valence-corrected chi connectivity index (χ1v) is 16.6. The first-order chi connectivity index (χ1) is 22.3. The first kappa shape index (κ1) is 32.4. The Labute approximate surface area is 270 Å². The molecule has 5 atom stereocenters. The maximum Gasteiger partial charge on any atom is 0.263 e. The van der Waals surface area contributed by atoms with Crippen LogP contribution in [0.5, 0.6) is 11.5 Å². The van der Waals surface area contributed by atoms with E-state index in [0.717, 1.165) is 42.7 Å². The normalized spacial score (nSPS) is 25.9. The van der Waals surface area contributed by atoms with Gasteiger partial charge in [-0.3, -0.25) is 14.5 Å². The zero-order valence-corrected chi connectivity index (χ0v) is 26.8. The van der Waals surface area contributed by atoms with Gasteiger partial charge in [0.05, 0.1) is 25.8 Å². The summed E-state index contributed by atoms with van der Waals surface area (Å²) in [4.78, 5) is 21.7. The van der Waals surface area contributed by atoms with Gasteiger partial charge >= 0.3 is 0 Å². The van der Waals surface area contributed by atoms with Gasteiger partial charge in [-0.15, -0.1) is 0 Å². The van der Waals surface area contributed by atoms with Crippen LogP contribution in [0.4, 0.5) is 8.78 Å². The molecule has 46 heavy (non-hydrogen) atoms. The van der Waals surface area contributed by atoms with Gasteiger partial charge in [0, 0.05) is 25.4 Å². The molecular weight excluding hydrogens is 588 g/mol. The van der Waals surface area contributed by atoms with Gasteiger partial charge in [0.15, 0.2) is 11.6 Å². The lowest BCUT2D eigenvalue weighted by Crippen LogP contribution is -2.55. The predicted octanol–water partition coefficient (Wildman–Crippen LogP) is 6.03. The number of aryl methyl sites for hydroxylation is 1. The van der Waals surface area contributed by atoms with Gasteiger partial charge in [-0.2, -0.15) is 0 Å². The molecule has 7 nitrogen and oxygen atoms in total. The molecule has 0 bridgehead atoms. The second-order valence-electron chi connectivity index (χ2n) is 13.1. The number of likely N-dealkylation sites (tertiary alicyclic amines) is 1. The Morgan fingerprint density at radius 3 is 2.50 bits per heavy atom. The summed E-state index contributed by atoms with van der Waals surface area (Å²) >= 11 is 0. The molecule has 2 N–H and O–H groups in total. The molecule has 0 radical (unpaired) electrons. The number of hydrogen-bond donors (Lipinski definition) is 2. The number of hydrogen-bond acceptors (Lipinski definition) is 6.